The van der Waals surface area contributed by atoms with Crippen molar-refractivity contribution >= 4 is 23.5 Å². The monoisotopic (exact) mass is 307 g/mol. The smallest absolute Gasteiger partial charge is 0.325 e. The number of rotatable bonds is 5. The van der Waals surface area contributed by atoms with E-state index in [1.807, 2.05) is 0 Å². The highest BCUT2D eigenvalue weighted by atomic mass is 35.5. The van der Waals surface area contributed by atoms with Gasteiger partial charge in [-0.05, 0) is 43.3 Å². The molecule has 0 aliphatic rings. The Hall–Kier alpha value is -2.27. The van der Waals surface area contributed by atoms with Crippen LogP contribution in [0.1, 0.15) is 17.5 Å². The van der Waals surface area contributed by atoms with E-state index in [0.29, 0.717) is 10.8 Å². The summed E-state index contributed by atoms with van der Waals surface area (Å²) in [4.78, 5) is 23.0. The molecule has 1 amide bonds. The van der Waals surface area contributed by atoms with E-state index in [2.05, 4.69) is 5.32 Å². The number of nitrogens with one attached hydrogen (secondary N) is 1. The number of ether oxygens (including phenoxy) is 1. The van der Waals surface area contributed by atoms with Crippen molar-refractivity contribution in [3.8, 4) is 11.3 Å². The van der Waals surface area contributed by atoms with Crippen LogP contribution in [0.4, 0.5) is 0 Å². The molecule has 0 bridgehead atoms. The van der Waals surface area contributed by atoms with Gasteiger partial charge in [-0.15, -0.1) is 0 Å². The van der Waals surface area contributed by atoms with Crippen molar-refractivity contribution in [3.05, 3.63) is 47.2 Å². The number of amides is 1. The van der Waals surface area contributed by atoms with Gasteiger partial charge in [0, 0.05) is 10.6 Å². The lowest BCUT2D eigenvalue weighted by Gasteiger charge is -2.03. The predicted molar refractivity (Wildman–Crippen MR) is 78.1 cm³/mol. The highest BCUT2D eigenvalue weighted by Crippen LogP contribution is 2.23. The first-order valence-electron chi connectivity index (χ1n) is 6.39. The quantitative estimate of drug-likeness (QED) is 0.862. The summed E-state index contributed by atoms with van der Waals surface area (Å²) in [5.74, 6) is -0.282. The lowest BCUT2D eigenvalue weighted by atomic mass is 10.2. The molecule has 1 aromatic carbocycles. The van der Waals surface area contributed by atoms with Crippen molar-refractivity contribution in [1.29, 1.82) is 0 Å². The number of carbonyl (C=O) groups is 2. The molecule has 110 valence electrons. The van der Waals surface area contributed by atoms with Gasteiger partial charge in [-0.3, -0.25) is 9.59 Å². The number of hydrogen-bond donors (Lipinski definition) is 1. The fraction of sp³-hybridized carbons (Fsp3) is 0.200. The molecule has 2 aromatic rings. The Morgan fingerprint density at radius 3 is 2.57 bits per heavy atom. The Balaban J connectivity index is 2.00. The summed E-state index contributed by atoms with van der Waals surface area (Å²) >= 11 is 5.81. The molecule has 1 heterocycles. The Labute approximate surface area is 126 Å². The van der Waals surface area contributed by atoms with Gasteiger partial charge in [0.15, 0.2) is 5.76 Å². The third-order valence-corrected chi connectivity index (χ3v) is 2.91. The highest BCUT2D eigenvalue weighted by molar-refractivity contribution is 6.30. The molecule has 0 aliphatic carbocycles. The van der Waals surface area contributed by atoms with Gasteiger partial charge in [-0.25, -0.2) is 0 Å². The molecule has 0 radical (unpaired) electrons. The van der Waals surface area contributed by atoms with Crippen molar-refractivity contribution in [2.45, 2.75) is 6.92 Å². The van der Waals surface area contributed by atoms with E-state index in [9.17, 15) is 9.59 Å². The fourth-order valence-electron chi connectivity index (χ4n) is 1.68. The zero-order chi connectivity index (χ0) is 15.2. The molecule has 1 N–H and O–H groups in total. The first-order chi connectivity index (χ1) is 10.1. The maximum Gasteiger partial charge on any atom is 0.325 e. The number of hydrogen-bond acceptors (Lipinski definition) is 4. The molecule has 2 rings (SSSR count). The van der Waals surface area contributed by atoms with Gasteiger partial charge in [0.2, 0.25) is 0 Å². The zero-order valence-electron chi connectivity index (χ0n) is 11.4. The third-order valence-electron chi connectivity index (χ3n) is 2.66. The minimum absolute atomic E-state index is 0.129. The van der Waals surface area contributed by atoms with Gasteiger partial charge in [-0.2, -0.15) is 0 Å². The fourth-order valence-corrected chi connectivity index (χ4v) is 1.81. The van der Waals surface area contributed by atoms with E-state index < -0.39 is 11.9 Å². The highest BCUT2D eigenvalue weighted by Gasteiger charge is 2.13. The second-order valence-corrected chi connectivity index (χ2v) is 4.59. The van der Waals surface area contributed by atoms with E-state index in [1.165, 1.54) is 0 Å². The van der Waals surface area contributed by atoms with Gasteiger partial charge < -0.3 is 14.5 Å². The summed E-state index contributed by atoms with van der Waals surface area (Å²) in [6.45, 7) is 1.78. The molecule has 0 saturated heterocycles. The second-order valence-electron chi connectivity index (χ2n) is 4.16. The molecule has 0 fully saturated rings. The average Bonchev–Trinajstić information content (AvgIpc) is 2.96. The van der Waals surface area contributed by atoms with E-state index in [-0.39, 0.29) is 18.9 Å². The molecule has 6 heteroatoms. The summed E-state index contributed by atoms with van der Waals surface area (Å²) in [6, 6.07) is 10.3. The van der Waals surface area contributed by atoms with Crippen LogP contribution in [-0.2, 0) is 9.53 Å². The van der Waals surface area contributed by atoms with Gasteiger partial charge >= 0.3 is 5.97 Å². The lowest BCUT2D eigenvalue weighted by Crippen LogP contribution is -2.30. The van der Waals surface area contributed by atoms with Crippen LogP contribution in [0, 0.1) is 0 Å². The molecule has 0 saturated carbocycles. The summed E-state index contributed by atoms with van der Waals surface area (Å²) in [7, 11) is 0. The van der Waals surface area contributed by atoms with Crippen LogP contribution in [-0.4, -0.2) is 25.0 Å². The van der Waals surface area contributed by atoms with Crippen LogP contribution in [0.25, 0.3) is 11.3 Å². The maximum absolute atomic E-state index is 11.8. The van der Waals surface area contributed by atoms with Crippen LogP contribution in [0.3, 0.4) is 0 Å². The summed E-state index contributed by atoms with van der Waals surface area (Å²) < 4.78 is 10.2. The van der Waals surface area contributed by atoms with Crippen LogP contribution in [0.15, 0.2) is 40.8 Å². The average molecular weight is 308 g/mol. The summed E-state index contributed by atoms with van der Waals surface area (Å²) in [6.07, 6.45) is 0. The predicted octanol–water partition coefficient (Wildman–Crippen LogP) is 2.89. The molecule has 1 aromatic heterocycles. The minimum Gasteiger partial charge on any atom is -0.465 e. The van der Waals surface area contributed by atoms with Crippen LogP contribution >= 0.6 is 11.6 Å². The molecule has 21 heavy (non-hydrogen) atoms. The Bertz CT molecular complexity index is 633. The van der Waals surface area contributed by atoms with E-state index in [0.717, 1.165) is 5.56 Å². The largest absolute Gasteiger partial charge is 0.465 e. The second kappa shape index (κ2) is 6.95. The van der Waals surface area contributed by atoms with Crippen molar-refractivity contribution in [2.24, 2.45) is 0 Å². The van der Waals surface area contributed by atoms with E-state index >= 15 is 0 Å². The minimum atomic E-state index is -0.490. The molecule has 0 aliphatic heterocycles. The van der Waals surface area contributed by atoms with E-state index in [4.69, 9.17) is 20.8 Å². The molecular formula is C15H14ClNO4. The molecule has 0 spiro atoms. The summed E-state index contributed by atoms with van der Waals surface area (Å²) in [5, 5.41) is 3.05. The van der Waals surface area contributed by atoms with Crippen LogP contribution < -0.4 is 5.32 Å². The molecule has 0 atom stereocenters. The topological polar surface area (TPSA) is 68.5 Å². The lowest BCUT2D eigenvalue weighted by molar-refractivity contribution is -0.141. The Kier molecular flexibility index (Phi) is 5.00. The first-order valence-corrected chi connectivity index (χ1v) is 6.77. The van der Waals surface area contributed by atoms with Gasteiger partial charge in [0.25, 0.3) is 5.91 Å². The number of benzene rings is 1. The Morgan fingerprint density at radius 2 is 1.90 bits per heavy atom. The zero-order valence-corrected chi connectivity index (χ0v) is 12.1. The SMILES string of the molecule is CCOC(=O)CNC(=O)c1ccc(-c2ccc(Cl)cc2)o1. The molecule has 0 unspecified atom stereocenters. The number of esters is 1. The van der Waals surface area contributed by atoms with Crippen molar-refractivity contribution in [3.63, 3.8) is 0 Å². The molecular weight excluding hydrogens is 294 g/mol. The number of furan rings is 1. The van der Waals surface area contributed by atoms with Crippen LogP contribution in [0.2, 0.25) is 5.02 Å². The van der Waals surface area contributed by atoms with Crippen molar-refractivity contribution in [1.82, 2.24) is 5.32 Å². The number of carbonyl (C=O) groups excluding carboxylic acids is 2. The van der Waals surface area contributed by atoms with E-state index in [1.54, 1.807) is 43.3 Å². The van der Waals surface area contributed by atoms with Crippen LogP contribution in [0.5, 0.6) is 0 Å². The maximum atomic E-state index is 11.8. The van der Waals surface area contributed by atoms with Crippen molar-refractivity contribution < 1.29 is 18.7 Å². The normalized spacial score (nSPS) is 10.2. The Morgan fingerprint density at radius 1 is 1.19 bits per heavy atom. The first kappa shape index (κ1) is 15.1. The standard InChI is InChI=1S/C15H14ClNO4/c1-2-20-14(18)9-17-15(19)13-8-7-12(21-13)10-3-5-11(16)6-4-10/h3-8H,2,9H2,1H3,(H,17,19). The summed E-state index contributed by atoms with van der Waals surface area (Å²) in [5.41, 5.74) is 0.809. The van der Waals surface area contributed by atoms with Gasteiger partial charge in [0.05, 0.1) is 6.61 Å². The van der Waals surface area contributed by atoms with Gasteiger partial charge in [0.1, 0.15) is 12.3 Å². The van der Waals surface area contributed by atoms with Crippen molar-refractivity contribution in [2.75, 3.05) is 13.2 Å². The third kappa shape index (κ3) is 4.10. The molecule has 5 nitrogen and oxygen atoms in total. The van der Waals surface area contributed by atoms with Gasteiger partial charge in [-0.1, -0.05) is 11.6 Å². The number of halogens is 1.